The molecule has 0 aromatic carbocycles. The highest BCUT2D eigenvalue weighted by molar-refractivity contribution is 5.75. The fourth-order valence-electron chi connectivity index (χ4n) is 3.54. The summed E-state index contributed by atoms with van der Waals surface area (Å²) in [5.74, 6) is 0.777. The molecule has 2 fully saturated rings. The topological polar surface area (TPSA) is 89.1 Å². The largest absolute Gasteiger partial charge is 0.367 e. The van der Waals surface area contributed by atoms with E-state index in [4.69, 9.17) is 5.73 Å². The van der Waals surface area contributed by atoms with Gasteiger partial charge in [-0.25, -0.2) is 9.67 Å². The number of nitrogen functional groups attached to an aromatic ring is 1. The first-order valence-electron chi connectivity index (χ1n) is 7.25. The lowest BCUT2D eigenvalue weighted by molar-refractivity contribution is -0.122. The second kappa shape index (κ2) is 5.40. The van der Waals surface area contributed by atoms with Crippen LogP contribution in [0.3, 0.4) is 0 Å². The molecule has 3 rings (SSSR count). The predicted molar refractivity (Wildman–Crippen MR) is 74.7 cm³/mol. The third kappa shape index (κ3) is 2.77. The maximum absolute atomic E-state index is 11.9. The molecular weight excluding hydrogens is 256 g/mol. The van der Waals surface area contributed by atoms with Gasteiger partial charge in [-0.1, -0.05) is 0 Å². The molecule has 1 amide bonds. The molecule has 2 atom stereocenters. The van der Waals surface area contributed by atoms with Crippen LogP contribution < -0.4 is 11.1 Å². The Morgan fingerprint density at radius 1 is 1.45 bits per heavy atom. The third-order valence-electron chi connectivity index (χ3n) is 4.64. The molecule has 20 heavy (non-hydrogen) atoms. The van der Waals surface area contributed by atoms with E-state index in [1.165, 1.54) is 36.7 Å². The van der Waals surface area contributed by atoms with Crippen LogP contribution in [0.4, 0.5) is 5.95 Å². The van der Waals surface area contributed by atoms with Crippen molar-refractivity contribution >= 4 is 11.9 Å². The number of hydrogen-bond donors (Lipinski definition) is 2. The van der Waals surface area contributed by atoms with Crippen molar-refractivity contribution < 1.29 is 4.79 Å². The molecule has 0 saturated carbocycles. The first-order valence-corrected chi connectivity index (χ1v) is 7.25. The van der Waals surface area contributed by atoms with E-state index in [-0.39, 0.29) is 18.4 Å². The zero-order valence-electron chi connectivity index (χ0n) is 11.8. The minimum atomic E-state index is -0.0267. The lowest BCUT2D eigenvalue weighted by atomic mass is 9.91. The van der Waals surface area contributed by atoms with Crippen molar-refractivity contribution in [3.8, 4) is 0 Å². The number of nitrogens with zero attached hydrogens (tertiary/aromatic N) is 4. The number of nitrogens with one attached hydrogen (secondary N) is 1. The van der Waals surface area contributed by atoms with Gasteiger partial charge < -0.3 is 16.0 Å². The number of rotatable bonds is 4. The van der Waals surface area contributed by atoms with Crippen LogP contribution in [0, 0.1) is 5.92 Å². The molecule has 1 aromatic heterocycles. The number of amides is 1. The van der Waals surface area contributed by atoms with Crippen molar-refractivity contribution in [2.24, 2.45) is 5.92 Å². The highest BCUT2D eigenvalue weighted by Gasteiger charge is 2.38. The summed E-state index contributed by atoms with van der Waals surface area (Å²) >= 11 is 0. The lowest BCUT2D eigenvalue weighted by Crippen LogP contribution is -2.43. The first kappa shape index (κ1) is 13.4. The van der Waals surface area contributed by atoms with Gasteiger partial charge in [-0.2, -0.15) is 0 Å². The van der Waals surface area contributed by atoms with Crippen LogP contribution in [0.1, 0.15) is 25.7 Å². The minimum Gasteiger partial charge on any atom is -0.367 e. The molecule has 2 aliphatic rings. The Balaban J connectivity index is 1.44. The van der Waals surface area contributed by atoms with E-state index in [1.54, 1.807) is 0 Å². The number of piperidine rings is 1. The van der Waals surface area contributed by atoms with Crippen LogP contribution >= 0.6 is 0 Å². The van der Waals surface area contributed by atoms with Crippen molar-refractivity contribution in [3.05, 3.63) is 6.33 Å². The summed E-state index contributed by atoms with van der Waals surface area (Å²) in [7, 11) is 2.23. The molecule has 0 spiro atoms. The highest BCUT2D eigenvalue weighted by atomic mass is 16.2. The molecule has 2 unspecified atom stereocenters. The van der Waals surface area contributed by atoms with Crippen LogP contribution in [-0.2, 0) is 11.3 Å². The minimum absolute atomic E-state index is 0.0267. The summed E-state index contributed by atoms with van der Waals surface area (Å²) in [5.41, 5.74) is 5.42. The SMILES string of the molecule is CN1C2CCC1CC(CNC(=O)Cn1cnc(N)n1)C2. The molecule has 2 saturated heterocycles. The average Bonchev–Trinajstić information content (AvgIpc) is 2.88. The summed E-state index contributed by atoms with van der Waals surface area (Å²) in [6.07, 6.45) is 6.49. The maximum atomic E-state index is 11.9. The van der Waals surface area contributed by atoms with Crippen molar-refractivity contribution in [2.45, 2.75) is 44.3 Å². The summed E-state index contributed by atoms with van der Waals surface area (Å²) in [4.78, 5) is 18.2. The number of carbonyl (C=O) groups is 1. The van der Waals surface area contributed by atoms with Gasteiger partial charge in [0, 0.05) is 18.6 Å². The lowest BCUT2D eigenvalue weighted by Gasteiger charge is -2.36. The van der Waals surface area contributed by atoms with Gasteiger partial charge in [-0.3, -0.25) is 4.79 Å². The average molecular weight is 278 g/mol. The molecule has 2 bridgehead atoms. The Hall–Kier alpha value is -1.63. The Labute approximate surface area is 118 Å². The number of anilines is 1. The number of hydrogen-bond acceptors (Lipinski definition) is 5. The van der Waals surface area contributed by atoms with Crippen molar-refractivity contribution in [3.63, 3.8) is 0 Å². The summed E-state index contributed by atoms with van der Waals surface area (Å²) in [6.45, 7) is 0.952. The Morgan fingerprint density at radius 3 is 2.75 bits per heavy atom. The number of carbonyl (C=O) groups excluding carboxylic acids is 1. The van der Waals surface area contributed by atoms with Gasteiger partial charge >= 0.3 is 0 Å². The van der Waals surface area contributed by atoms with E-state index in [0.717, 1.165) is 6.54 Å². The zero-order chi connectivity index (χ0) is 14.1. The quantitative estimate of drug-likeness (QED) is 0.799. The fourth-order valence-corrected chi connectivity index (χ4v) is 3.54. The van der Waals surface area contributed by atoms with Crippen LogP contribution in [0.5, 0.6) is 0 Å². The van der Waals surface area contributed by atoms with Gasteiger partial charge in [0.1, 0.15) is 12.9 Å². The van der Waals surface area contributed by atoms with Crippen molar-refractivity contribution in [1.82, 2.24) is 25.0 Å². The normalized spacial score (nSPS) is 29.6. The van der Waals surface area contributed by atoms with Crippen molar-refractivity contribution in [1.29, 1.82) is 0 Å². The van der Waals surface area contributed by atoms with E-state index in [9.17, 15) is 4.79 Å². The number of nitrogens with two attached hydrogens (primary N) is 1. The van der Waals surface area contributed by atoms with E-state index in [1.807, 2.05) is 0 Å². The highest BCUT2D eigenvalue weighted by Crippen LogP contribution is 2.36. The van der Waals surface area contributed by atoms with E-state index in [2.05, 4.69) is 27.3 Å². The summed E-state index contributed by atoms with van der Waals surface area (Å²) < 4.78 is 1.46. The maximum Gasteiger partial charge on any atom is 0.241 e. The molecule has 3 N–H and O–H groups in total. The molecule has 7 nitrogen and oxygen atoms in total. The molecular formula is C13H22N6O. The summed E-state index contributed by atoms with van der Waals surface area (Å²) in [5, 5.41) is 6.91. The molecule has 0 radical (unpaired) electrons. The van der Waals surface area contributed by atoms with Gasteiger partial charge in [-0.15, -0.1) is 5.10 Å². The van der Waals surface area contributed by atoms with E-state index >= 15 is 0 Å². The summed E-state index contributed by atoms with van der Waals surface area (Å²) in [6, 6.07) is 1.43. The van der Waals surface area contributed by atoms with E-state index < -0.39 is 0 Å². The zero-order valence-corrected chi connectivity index (χ0v) is 11.8. The second-order valence-corrected chi connectivity index (χ2v) is 5.99. The Morgan fingerprint density at radius 2 is 2.15 bits per heavy atom. The van der Waals surface area contributed by atoms with E-state index in [0.29, 0.717) is 18.0 Å². The molecule has 1 aromatic rings. The Bertz CT molecular complexity index is 473. The number of aromatic nitrogens is 3. The second-order valence-electron chi connectivity index (χ2n) is 5.99. The Kier molecular flexibility index (Phi) is 3.60. The molecule has 2 aliphatic heterocycles. The monoisotopic (exact) mass is 278 g/mol. The smallest absolute Gasteiger partial charge is 0.241 e. The third-order valence-corrected chi connectivity index (χ3v) is 4.64. The fraction of sp³-hybridized carbons (Fsp3) is 0.769. The first-order chi connectivity index (χ1) is 9.61. The van der Waals surface area contributed by atoms with Gasteiger partial charge in [0.2, 0.25) is 11.9 Å². The molecule has 0 aliphatic carbocycles. The predicted octanol–water partition coefficient (Wildman–Crippen LogP) is -0.151. The van der Waals surface area contributed by atoms with Crippen LogP contribution in [0.25, 0.3) is 0 Å². The van der Waals surface area contributed by atoms with Crippen LogP contribution in [0.2, 0.25) is 0 Å². The molecule has 7 heteroatoms. The van der Waals surface area contributed by atoms with Gasteiger partial charge in [0.25, 0.3) is 0 Å². The van der Waals surface area contributed by atoms with Crippen LogP contribution in [0.15, 0.2) is 6.33 Å². The molecule has 110 valence electrons. The van der Waals surface area contributed by atoms with Gasteiger partial charge in [-0.05, 0) is 38.6 Å². The van der Waals surface area contributed by atoms with Gasteiger partial charge in [0.05, 0.1) is 0 Å². The molecule has 3 heterocycles. The standard InChI is InChI=1S/C13H22N6O/c1-18-10-2-3-11(18)5-9(4-10)6-15-12(20)7-19-8-16-13(14)17-19/h8-11H,2-7H2,1H3,(H2,14,17)(H,15,20). The number of fused-ring (bicyclic) bond motifs is 2. The van der Waals surface area contributed by atoms with Crippen molar-refractivity contribution in [2.75, 3.05) is 19.3 Å². The van der Waals surface area contributed by atoms with Crippen LogP contribution in [-0.4, -0.2) is 51.2 Å². The van der Waals surface area contributed by atoms with Gasteiger partial charge in [0.15, 0.2) is 0 Å².